The Morgan fingerprint density at radius 2 is 2.12 bits per heavy atom. The minimum Gasteiger partial charge on any atom is -0.303 e. The Morgan fingerprint density at radius 3 is 2.81 bits per heavy atom. The molecule has 0 aliphatic carbocycles. The van der Waals surface area contributed by atoms with E-state index in [4.69, 9.17) is 0 Å². The molecule has 0 bridgehead atoms. The molecule has 0 spiro atoms. The van der Waals surface area contributed by atoms with Crippen LogP contribution in [0.5, 0.6) is 0 Å². The van der Waals surface area contributed by atoms with E-state index in [0.717, 1.165) is 18.4 Å². The number of rotatable bonds is 3. The maximum Gasteiger partial charge on any atom is 0.159 e. The second kappa shape index (κ2) is 4.49. The van der Waals surface area contributed by atoms with Crippen LogP contribution in [0.2, 0.25) is 0 Å². The Morgan fingerprint density at radius 1 is 1.31 bits per heavy atom. The summed E-state index contributed by atoms with van der Waals surface area (Å²) in [5.41, 5.74) is 1.06. The third kappa shape index (κ3) is 2.14. The summed E-state index contributed by atoms with van der Waals surface area (Å²) in [5.74, 6) is -1.78. The molecule has 16 heavy (non-hydrogen) atoms. The van der Waals surface area contributed by atoms with Crippen molar-refractivity contribution in [3.8, 4) is 11.3 Å². The van der Waals surface area contributed by atoms with Gasteiger partial charge in [0, 0.05) is 10.9 Å². The molecule has 0 saturated heterocycles. The van der Waals surface area contributed by atoms with Crippen LogP contribution >= 0.6 is 11.3 Å². The molecule has 0 atom stereocenters. The Bertz CT molecular complexity index is 524. The van der Waals surface area contributed by atoms with Gasteiger partial charge in [-0.3, -0.25) is 0 Å². The lowest BCUT2D eigenvalue weighted by molar-refractivity contribution is -0.107. The van der Waals surface area contributed by atoms with Crippen molar-refractivity contribution in [1.82, 2.24) is 4.98 Å². The van der Waals surface area contributed by atoms with Crippen molar-refractivity contribution in [3.05, 3.63) is 40.2 Å². The quantitative estimate of drug-likeness (QED) is 0.771. The predicted octanol–water partition coefficient (Wildman–Crippen LogP) is 2.83. The average Bonchev–Trinajstić information content (AvgIpc) is 2.71. The van der Waals surface area contributed by atoms with Crippen molar-refractivity contribution in [2.24, 2.45) is 0 Å². The summed E-state index contributed by atoms with van der Waals surface area (Å²) in [5, 5.41) is 2.38. The lowest BCUT2D eigenvalue weighted by atomic mass is 10.2. The van der Waals surface area contributed by atoms with Crippen molar-refractivity contribution >= 4 is 17.6 Å². The van der Waals surface area contributed by atoms with Crippen LogP contribution in [0, 0.1) is 11.6 Å². The number of thiazole rings is 1. The van der Waals surface area contributed by atoms with Gasteiger partial charge in [-0.25, -0.2) is 13.8 Å². The second-order valence-corrected chi connectivity index (χ2v) is 4.07. The Labute approximate surface area is 94.6 Å². The van der Waals surface area contributed by atoms with Gasteiger partial charge >= 0.3 is 0 Å². The molecule has 82 valence electrons. The topological polar surface area (TPSA) is 30.0 Å². The largest absolute Gasteiger partial charge is 0.303 e. The van der Waals surface area contributed by atoms with Crippen molar-refractivity contribution in [3.63, 3.8) is 0 Å². The Kier molecular flexibility index (Phi) is 3.05. The summed E-state index contributed by atoms with van der Waals surface area (Å²) in [7, 11) is 0. The van der Waals surface area contributed by atoms with E-state index in [2.05, 4.69) is 4.98 Å². The summed E-state index contributed by atoms with van der Waals surface area (Å²) in [4.78, 5) is 14.4. The fraction of sp³-hybridized carbons (Fsp3) is 0.0909. The molecule has 1 aromatic carbocycles. The Hall–Kier alpha value is -1.62. The van der Waals surface area contributed by atoms with Gasteiger partial charge in [-0.1, -0.05) is 0 Å². The molecule has 2 aromatic rings. The number of benzene rings is 1. The number of carbonyl (C=O) groups excluding carboxylic acids is 1. The van der Waals surface area contributed by atoms with E-state index in [1.54, 1.807) is 5.38 Å². The smallest absolute Gasteiger partial charge is 0.159 e. The minimum absolute atomic E-state index is 0.244. The SMILES string of the molecule is O=CCc1nc(-c2ccc(F)c(F)c2)cs1. The highest BCUT2D eigenvalue weighted by atomic mass is 32.1. The number of aldehydes is 1. The van der Waals surface area contributed by atoms with Gasteiger partial charge in [0.15, 0.2) is 11.6 Å². The predicted molar refractivity (Wildman–Crippen MR) is 57.2 cm³/mol. The first-order valence-electron chi connectivity index (χ1n) is 4.54. The van der Waals surface area contributed by atoms with E-state index < -0.39 is 11.6 Å². The van der Waals surface area contributed by atoms with Gasteiger partial charge in [-0.15, -0.1) is 11.3 Å². The van der Waals surface area contributed by atoms with Crippen molar-refractivity contribution in [2.45, 2.75) is 6.42 Å². The average molecular weight is 239 g/mol. The second-order valence-electron chi connectivity index (χ2n) is 3.13. The monoisotopic (exact) mass is 239 g/mol. The molecule has 5 heteroatoms. The molecule has 0 aliphatic heterocycles. The standard InChI is InChI=1S/C11H7F2NOS/c12-8-2-1-7(5-9(8)13)10-6-16-11(14-10)3-4-15/h1-2,4-6H,3H2. The lowest BCUT2D eigenvalue weighted by Crippen LogP contribution is -1.87. The zero-order valence-corrected chi connectivity index (χ0v) is 8.93. The molecule has 0 aliphatic rings. The van der Waals surface area contributed by atoms with Gasteiger partial charge < -0.3 is 4.79 Å². The van der Waals surface area contributed by atoms with Crippen LogP contribution in [0.15, 0.2) is 23.6 Å². The minimum atomic E-state index is -0.901. The molecule has 2 nitrogen and oxygen atoms in total. The fourth-order valence-electron chi connectivity index (χ4n) is 1.26. The van der Waals surface area contributed by atoms with E-state index in [0.29, 0.717) is 16.3 Å². The summed E-state index contributed by atoms with van der Waals surface area (Å²) in [6.07, 6.45) is 1.00. The molecule has 1 aromatic heterocycles. The van der Waals surface area contributed by atoms with E-state index in [-0.39, 0.29) is 6.42 Å². The molecule has 0 radical (unpaired) electrons. The molecule has 0 fully saturated rings. The Balaban J connectivity index is 2.34. The molecule has 0 unspecified atom stereocenters. The van der Waals surface area contributed by atoms with E-state index in [1.165, 1.54) is 17.4 Å². The number of hydrogen-bond donors (Lipinski definition) is 0. The highest BCUT2D eigenvalue weighted by Crippen LogP contribution is 2.23. The van der Waals surface area contributed by atoms with Gasteiger partial charge in [0.05, 0.1) is 12.1 Å². The molecule has 0 amide bonds. The molecular weight excluding hydrogens is 232 g/mol. The van der Waals surface area contributed by atoms with Gasteiger partial charge in [-0.2, -0.15) is 0 Å². The number of aromatic nitrogens is 1. The van der Waals surface area contributed by atoms with E-state index >= 15 is 0 Å². The molecular formula is C11H7F2NOS. The highest BCUT2D eigenvalue weighted by molar-refractivity contribution is 7.10. The zero-order chi connectivity index (χ0) is 11.5. The van der Waals surface area contributed by atoms with Gasteiger partial charge in [0.25, 0.3) is 0 Å². The highest BCUT2D eigenvalue weighted by Gasteiger charge is 2.07. The zero-order valence-electron chi connectivity index (χ0n) is 8.11. The van der Waals surface area contributed by atoms with E-state index in [9.17, 15) is 13.6 Å². The van der Waals surface area contributed by atoms with Crippen molar-refractivity contribution in [2.75, 3.05) is 0 Å². The van der Waals surface area contributed by atoms with Crippen molar-refractivity contribution < 1.29 is 13.6 Å². The normalized spacial score (nSPS) is 10.4. The third-order valence-corrected chi connectivity index (χ3v) is 2.90. The summed E-state index contributed by atoms with van der Waals surface area (Å²) in [6.45, 7) is 0. The molecule has 0 N–H and O–H groups in total. The molecule has 1 heterocycles. The van der Waals surface area contributed by atoms with Crippen LogP contribution in [0.3, 0.4) is 0 Å². The van der Waals surface area contributed by atoms with Crippen LogP contribution in [0.25, 0.3) is 11.3 Å². The first-order valence-corrected chi connectivity index (χ1v) is 5.42. The van der Waals surface area contributed by atoms with Gasteiger partial charge in [0.1, 0.15) is 11.3 Å². The van der Waals surface area contributed by atoms with Crippen LogP contribution in [0.1, 0.15) is 5.01 Å². The number of nitrogens with zero attached hydrogens (tertiary/aromatic N) is 1. The molecule has 2 rings (SSSR count). The van der Waals surface area contributed by atoms with Gasteiger partial charge in [-0.05, 0) is 18.2 Å². The van der Waals surface area contributed by atoms with Crippen LogP contribution in [-0.4, -0.2) is 11.3 Å². The third-order valence-electron chi connectivity index (χ3n) is 2.03. The van der Waals surface area contributed by atoms with Crippen LogP contribution in [-0.2, 0) is 11.2 Å². The summed E-state index contributed by atoms with van der Waals surface area (Å²) < 4.78 is 25.7. The lowest BCUT2D eigenvalue weighted by Gasteiger charge is -1.97. The number of carbonyl (C=O) groups is 1. The maximum atomic E-state index is 13.0. The first kappa shape index (κ1) is 10.9. The van der Waals surface area contributed by atoms with E-state index in [1.807, 2.05) is 0 Å². The number of hydrogen-bond acceptors (Lipinski definition) is 3. The fourth-order valence-corrected chi connectivity index (χ4v) is 2.02. The first-order chi connectivity index (χ1) is 7.70. The molecule has 0 saturated carbocycles. The maximum absolute atomic E-state index is 13.0. The van der Waals surface area contributed by atoms with Gasteiger partial charge in [0.2, 0.25) is 0 Å². The van der Waals surface area contributed by atoms with Crippen LogP contribution in [0.4, 0.5) is 8.78 Å². The van der Waals surface area contributed by atoms with Crippen LogP contribution < -0.4 is 0 Å². The van der Waals surface area contributed by atoms with Crippen molar-refractivity contribution in [1.29, 1.82) is 0 Å². The number of halogens is 2. The summed E-state index contributed by atoms with van der Waals surface area (Å²) >= 11 is 1.32. The summed E-state index contributed by atoms with van der Waals surface area (Å²) in [6, 6.07) is 3.61.